The van der Waals surface area contributed by atoms with E-state index in [-0.39, 0.29) is 11.8 Å². The van der Waals surface area contributed by atoms with Crippen LogP contribution in [0.4, 0.5) is 0 Å². The highest BCUT2D eigenvalue weighted by atomic mass is 32.1. The summed E-state index contributed by atoms with van der Waals surface area (Å²) in [6.45, 7) is 2.55. The van der Waals surface area contributed by atoms with E-state index in [0.717, 1.165) is 29.1 Å². The molecule has 0 radical (unpaired) electrons. The highest BCUT2D eigenvalue weighted by Crippen LogP contribution is 2.27. The molecule has 1 aliphatic heterocycles. The van der Waals surface area contributed by atoms with Crippen molar-refractivity contribution in [2.24, 2.45) is 5.92 Å². The largest absolute Gasteiger partial charge is 0.339 e. The van der Waals surface area contributed by atoms with Crippen molar-refractivity contribution in [1.82, 2.24) is 19.8 Å². The number of rotatable bonds is 4. The Morgan fingerprint density at radius 1 is 1.11 bits per heavy atom. The van der Waals surface area contributed by atoms with Gasteiger partial charge in [0, 0.05) is 55.4 Å². The van der Waals surface area contributed by atoms with E-state index in [9.17, 15) is 9.59 Å². The molecule has 4 rings (SSSR count). The molecule has 1 aliphatic carbocycles. The summed E-state index contributed by atoms with van der Waals surface area (Å²) in [4.78, 5) is 37.6. The van der Waals surface area contributed by atoms with Gasteiger partial charge in [-0.15, -0.1) is 11.3 Å². The summed E-state index contributed by atoms with van der Waals surface area (Å²) in [6.07, 6.45) is 8.23. The van der Waals surface area contributed by atoms with Crippen molar-refractivity contribution in [2.75, 3.05) is 26.2 Å². The molecule has 3 heterocycles. The minimum absolute atomic E-state index is 0.0889. The molecule has 2 aliphatic rings. The van der Waals surface area contributed by atoms with Crippen molar-refractivity contribution in [3.63, 3.8) is 0 Å². The molecule has 7 heteroatoms. The molecule has 2 fully saturated rings. The number of amides is 2. The first-order chi connectivity index (χ1) is 13.2. The molecule has 0 aromatic carbocycles. The van der Waals surface area contributed by atoms with Crippen molar-refractivity contribution in [2.45, 2.75) is 32.1 Å². The summed E-state index contributed by atoms with van der Waals surface area (Å²) in [6, 6.07) is 3.85. The standard InChI is InChI=1S/C20H24N4O2S/c25-18(12-17-14-27-19(22-17)16-6-3-7-21-13-16)23-8-10-24(11-9-23)20(26)15-4-1-2-5-15/h3,6-7,13-15H,1-2,4-5,8-12H2. The van der Waals surface area contributed by atoms with Gasteiger partial charge in [0.15, 0.2) is 0 Å². The second kappa shape index (κ2) is 8.17. The van der Waals surface area contributed by atoms with Gasteiger partial charge in [0.25, 0.3) is 0 Å². The zero-order valence-corrected chi connectivity index (χ0v) is 16.2. The predicted octanol–water partition coefficient (Wildman–Crippen LogP) is 2.61. The quantitative estimate of drug-likeness (QED) is 0.813. The average Bonchev–Trinajstić information content (AvgIpc) is 3.40. The van der Waals surface area contributed by atoms with Gasteiger partial charge in [-0.2, -0.15) is 0 Å². The fourth-order valence-corrected chi connectivity index (χ4v) is 4.69. The first kappa shape index (κ1) is 18.1. The maximum Gasteiger partial charge on any atom is 0.228 e. The molecule has 27 heavy (non-hydrogen) atoms. The number of nitrogens with zero attached hydrogens (tertiary/aromatic N) is 4. The molecule has 0 N–H and O–H groups in total. The topological polar surface area (TPSA) is 66.4 Å². The minimum atomic E-state index is 0.0889. The van der Waals surface area contributed by atoms with E-state index >= 15 is 0 Å². The highest BCUT2D eigenvalue weighted by Gasteiger charge is 2.30. The molecule has 0 atom stereocenters. The maximum absolute atomic E-state index is 12.6. The fraction of sp³-hybridized carbons (Fsp3) is 0.500. The summed E-state index contributed by atoms with van der Waals surface area (Å²) in [7, 11) is 0. The van der Waals surface area contributed by atoms with Gasteiger partial charge in [0.2, 0.25) is 11.8 Å². The van der Waals surface area contributed by atoms with E-state index in [1.807, 2.05) is 27.3 Å². The van der Waals surface area contributed by atoms with Crippen molar-refractivity contribution in [3.05, 3.63) is 35.6 Å². The van der Waals surface area contributed by atoms with Crippen LogP contribution in [0.5, 0.6) is 0 Å². The Labute approximate surface area is 163 Å². The zero-order chi connectivity index (χ0) is 18.6. The van der Waals surface area contributed by atoms with Gasteiger partial charge in [-0.1, -0.05) is 12.8 Å². The summed E-state index contributed by atoms with van der Waals surface area (Å²) in [5.74, 6) is 0.597. The Hall–Kier alpha value is -2.28. The number of hydrogen-bond acceptors (Lipinski definition) is 5. The monoisotopic (exact) mass is 384 g/mol. The van der Waals surface area contributed by atoms with Crippen molar-refractivity contribution >= 4 is 23.2 Å². The Morgan fingerprint density at radius 3 is 2.56 bits per heavy atom. The van der Waals surface area contributed by atoms with Crippen molar-refractivity contribution < 1.29 is 9.59 Å². The number of pyridine rings is 1. The normalized spacial score (nSPS) is 18.1. The lowest BCUT2D eigenvalue weighted by Crippen LogP contribution is -2.52. The predicted molar refractivity (Wildman–Crippen MR) is 104 cm³/mol. The van der Waals surface area contributed by atoms with Gasteiger partial charge in [0.1, 0.15) is 5.01 Å². The summed E-state index contributed by atoms with van der Waals surface area (Å²) >= 11 is 1.53. The zero-order valence-electron chi connectivity index (χ0n) is 15.3. The Morgan fingerprint density at radius 2 is 1.85 bits per heavy atom. The van der Waals surface area contributed by atoms with Crippen LogP contribution in [0, 0.1) is 5.92 Å². The van der Waals surface area contributed by atoms with Gasteiger partial charge in [0.05, 0.1) is 12.1 Å². The maximum atomic E-state index is 12.6. The molecule has 1 saturated carbocycles. The highest BCUT2D eigenvalue weighted by molar-refractivity contribution is 7.13. The molecule has 2 amide bonds. The number of carbonyl (C=O) groups excluding carboxylic acids is 2. The van der Waals surface area contributed by atoms with Crippen LogP contribution in [0.15, 0.2) is 29.9 Å². The number of thiazole rings is 1. The number of hydrogen-bond donors (Lipinski definition) is 0. The first-order valence-electron chi connectivity index (χ1n) is 9.62. The van der Waals surface area contributed by atoms with Gasteiger partial charge < -0.3 is 9.80 Å². The molecule has 2 aromatic heterocycles. The van der Waals surface area contributed by atoms with E-state index in [0.29, 0.717) is 38.5 Å². The fourth-order valence-electron chi connectivity index (χ4n) is 3.88. The van der Waals surface area contributed by atoms with Gasteiger partial charge in [-0.25, -0.2) is 4.98 Å². The Kier molecular flexibility index (Phi) is 5.48. The van der Waals surface area contributed by atoms with Gasteiger partial charge >= 0.3 is 0 Å². The number of carbonyl (C=O) groups is 2. The second-order valence-electron chi connectivity index (χ2n) is 7.25. The van der Waals surface area contributed by atoms with Gasteiger partial charge in [-0.3, -0.25) is 14.6 Å². The van der Waals surface area contributed by atoms with E-state index < -0.39 is 0 Å². The third kappa shape index (κ3) is 4.18. The van der Waals surface area contributed by atoms with E-state index in [2.05, 4.69) is 9.97 Å². The third-order valence-corrected chi connectivity index (χ3v) is 6.38. The molecule has 0 unspecified atom stereocenters. The van der Waals surface area contributed by atoms with E-state index in [1.54, 1.807) is 12.4 Å². The number of piperazine rings is 1. The van der Waals surface area contributed by atoms with Gasteiger partial charge in [-0.05, 0) is 25.0 Å². The van der Waals surface area contributed by atoms with Crippen LogP contribution in [0.2, 0.25) is 0 Å². The lowest BCUT2D eigenvalue weighted by atomic mass is 10.1. The van der Waals surface area contributed by atoms with Crippen LogP contribution in [0.3, 0.4) is 0 Å². The summed E-state index contributed by atoms with van der Waals surface area (Å²) < 4.78 is 0. The van der Waals surface area contributed by atoms with Crippen LogP contribution in [-0.2, 0) is 16.0 Å². The lowest BCUT2D eigenvalue weighted by molar-refractivity contribution is -0.141. The van der Waals surface area contributed by atoms with Crippen LogP contribution in [0.25, 0.3) is 10.6 Å². The van der Waals surface area contributed by atoms with Crippen molar-refractivity contribution in [3.8, 4) is 10.6 Å². The molecule has 0 bridgehead atoms. The molecular weight excluding hydrogens is 360 g/mol. The first-order valence-corrected chi connectivity index (χ1v) is 10.5. The molecule has 142 valence electrons. The molecule has 6 nitrogen and oxygen atoms in total. The van der Waals surface area contributed by atoms with E-state index in [1.165, 1.54) is 24.2 Å². The summed E-state index contributed by atoms with van der Waals surface area (Å²) in [5, 5.41) is 2.83. The van der Waals surface area contributed by atoms with Crippen LogP contribution in [0.1, 0.15) is 31.4 Å². The van der Waals surface area contributed by atoms with Crippen molar-refractivity contribution in [1.29, 1.82) is 0 Å². The Bertz CT molecular complexity index is 793. The molecular formula is C20H24N4O2S. The number of aromatic nitrogens is 2. The SMILES string of the molecule is O=C(Cc1csc(-c2cccnc2)n1)N1CCN(C(=O)C2CCCC2)CC1. The van der Waals surface area contributed by atoms with Crippen LogP contribution in [-0.4, -0.2) is 57.8 Å². The molecule has 2 aromatic rings. The lowest BCUT2D eigenvalue weighted by Gasteiger charge is -2.36. The Balaban J connectivity index is 1.30. The van der Waals surface area contributed by atoms with E-state index in [4.69, 9.17) is 0 Å². The minimum Gasteiger partial charge on any atom is -0.339 e. The third-order valence-electron chi connectivity index (χ3n) is 5.44. The molecule has 0 spiro atoms. The van der Waals surface area contributed by atoms with Crippen LogP contribution >= 0.6 is 11.3 Å². The second-order valence-corrected chi connectivity index (χ2v) is 8.11. The molecule has 1 saturated heterocycles. The summed E-state index contributed by atoms with van der Waals surface area (Å²) in [5.41, 5.74) is 1.77. The smallest absolute Gasteiger partial charge is 0.228 e. The van der Waals surface area contributed by atoms with Crippen LogP contribution < -0.4 is 0 Å². The average molecular weight is 385 g/mol.